The van der Waals surface area contributed by atoms with Crippen LogP contribution in [-0.4, -0.2) is 46.5 Å². The van der Waals surface area contributed by atoms with E-state index in [-0.39, 0.29) is 12.1 Å². The molecule has 2 aromatic rings. The van der Waals surface area contributed by atoms with Gasteiger partial charge in [0.05, 0.1) is 29.4 Å². The number of carbonyl (C=O) groups excluding carboxylic acids is 1. The van der Waals surface area contributed by atoms with Gasteiger partial charge in [-0.1, -0.05) is 12.1 Å². The van der Waals surface area contributed by atoms with Crippen LogP contribution in [0, 0.1) is 11.3 Å². The average Bonchev–Trinajstić information content (AvgIpc) is 2.73. The summed E-state index contributed by atoms with van der Waals surface area (Å²) in [7, 11) is 1.40. The molecular weight excluding hydrogens is 398 g/mol. The summed E-state index contributed by atoms with van der Waals surface area (Å²) in [6.45, 7) is 6.50. The maximum atomic E-state index is 13.0. The van der Waals surface area contributed by atoms with Crippen molar-refractivity contribution in [1.82, 2.24) is 14.6 Å². The number of hydrogen-bond acceptors (Lipinski definition) is 7. The molecule has 0 atom stereocenters. The van der Waals surface area contributed by atoms with Crippen LogP contribution in [0.2, 0.25) is 0 Å². The molecule has 1 aliphatic heterocycles. The Kier molecular flexibility index (Phi) is 6.49. The zero-order valence-electron chi connectivity index (χ0n) is 18.3. The lowest BCUT2D eigenvalue weighted by Crippen LogP contribution is -2.44. The van der Waals surface area contributed by atoms with Gasteiger partial charge in [0.25, 0.3) is 5.56 Å². The molecule has 0 fully saturated rings. The predicted octanol–water partition coefficient (Wildman–Crippen LogP) is 2.12. The second kappa shape index (κ2) is 9.08. The zero-order valence-corrected chi connectivity index (χ0v) is 18.3. The van der Waals surface area contributed by atoms with Gasteiger partial charge >= 0.3 is 6.09 Å². The fourth-order valence-electron chi connectivity index (χ4n) is 3.29. The molecule has 0 saturated carbocycles. The molecule has 3 rings (SSSR count). The summed E-state index contributed by atoms with van der Waals surface area (Å²) < 4.78 is 6.53. The summed E-state index contributed by atoms with van der Waals surface area (Å²) in [5.74, 6) is 0.325. The maximum Gasteiger partial charge on any atom is 0.410 e. The highest BCUT2D eigenvalue weighted by molar-refractivity contribution is 5.68. The van der Waals surface area contributed by atoms with Gasteiger partial charge in [0.2, 0.25) is 5.95 Å². The molecule has 31 heavy (non-hydrogen) atoms. The summed E-state index contributed by atoms with van der Waals surface area (Å²) in [4.78, 5) is 36.7. The van der Waals surface area contributed by atoms with Crippen LogP contribution < -0.4 is 15.7 Å². The number of nitriles is 1. The van der Waals surface area contributed by atoms with Gasteiger partial charge in [0.15, 0.2) is 0 Å². The number of aromatic nitrogens is 2. The lowest BCUT2D eigenvalue weighted by molar-refractivity contribution is 0.0219. The lowest BCUT2D eigenvalue weighted by atomic mass is 10.1. The molecule has 0 saturated heterocycles. The van der Waals surface area contributed by atoms with Gasteiger partial charge < -0.3 is 19.8 Å². The molecule has 0 bridgehead atoms. The Hall–Kier alpha value is -3.54. The van der Waals surface area contributed by atoms with E-state index in [1.54, 1.807) is 32.9 Å². The third-order valence-corrected chi connectivity index (χ3v) is 4.81. The van der Waals surface area contributed by atoms with Crippen molar-refractivity contribution in [2.24, 2.45) is 0 Å². The molecule has 1 aliphatic rings. The topological polar surface area (TPSA) is 109 Å². The van der Waals surface area contributed by atoms with Crippen molar-refractivity contribution >= 4 is 12.0 Å². The molecule has 0 aliphatic carbocycles. The number of fused-ring (bicyclic) bond motifs is 1. The van der Waals surface area contributed by atoms with E-state index >= 15 is 0 Å². The number of nitrogens with one attached hydrogen (secondary N) is 1. The van der Waals surface area contributed by atoms with E-state index in [1.807, 2.05) is 12.1 Å². The number of hydrogen-bond donors (Lipinski definition) is 1. The van der Waals surface area contributed by atoms with Gasteiger partial charge in [0, 0.05) is 19.5 Å². The number of nitrogens with zero attached hydrogens (tertiary/aromatic N) is 4. The van der Waals surface area contributed by atoms with Gasteiger partial charge in [-0.25, -0.2) is 9.78 Å². The van der Waals surface area contributed by atoms with Crippen LogP contribution in [0.15, 0.2) is 29.1 Å². The Morgan fingerprint density at radius 3 is 2.61 bits per heavy atom. The first-order valence-corrected chi connectivity index (χ1v) is 10.1. The van der Waals surface area contributed by atoms with E-state index < -0.39 is 11.7 Å². The third kappa shape index (κ3) is 5.34. The average molecular weight is 425 g/mol. The fourth-order valence-corrected chi connectivity index (χ4v) is 3.29. The molecule has 9 heteroatoms. The normalized spacial score (nSPS) is 13.2. The number of ether oxygens (including phenoxy) is 1. The summed E-state index contributed by atoms with van der Waals surface area (Å²) in [5, 5.41) is 12.0. The van der Waals surface area contributed by atoms with Crippen LogP contribution in [0.5, 0.6) is 0 Å². The largest absolute Gasteiger partial charge is 0.444 e. The summed E-state index contributed by atoms with van der Waals surface area (Å²) >= 11 is 0. The van der Waals surface area contributed by atoms with Crippen LogP contribution in [0.3, 0.4) is 0 Å². The molecule has 2 heterocycles. The van der Waals surface area contributed by atoms with Gasteiger partial charge in [-0.2, -0.15) is 5.26 Å². The molecular formula is C22H27N5O4. The molecule has 1 N–H and O–H groups in total. The monoisotopic (exact) mass is 425 g/mol. The smallest absolute Gasteiger partial charge is 0.410 e. The highest BCUT2D eigenvalue weighted by atomic mass is 16.7. The molecule has 1 aromatic carbocycles. The van der Waals surface area contributed by atoms with Crippen molar-refractivity contribution < 1.29 is 14.4 Å². The van der Waals surface area contributed by atoms with E-state index in [2.05, 4.69) is 16.4 Å². The maximum absolute atomic E-state index is 13.0. The second-order valence-electron chi connectivity index (χ2n) is 8.28. The number of amides is 1. The van der Waals surface area contributed by atoms with Crippen LogP contribution in [-0.2, 0) is 24.1 Å². The Morgan fingerprint density at radius 1 is 1.29 bits per heavy atom. The van der Waals surface area contributed by atoms with Gasteiger partial charge in [-0.05, 0) is 44.9 Å². The SMILES string of the molecule is COn1c(NCCc2ccc(C#N)cc2)nc2c(c1=O)CN(C(=O)OC(C)(C)C)CC2. The third-order valence-electron chi connectivity index (χ3n) is 4.81. The van der Waals surface area contributed by atoms with Crippen molar-refractivity contribution in [2.75, 3.05) is 25.5 Å². The first-order chi connectivity index (χ1) is 14.7. The van der Waals surface area contributed by atoms with Gasteiger partial charge in [-0.3, -0.25) is 4.79 Å². The quantitative estimate of drug-likeness (QED) is 0.781. The summed E-state index contributed by atoms with van der Waals surface area (Å²) in [6.07, 6.45) is 0.694. The highest BCUT2D eigenvalue weighted by Gasteiger charge is 2.29. The highest BCUT2D eigenvalue weighted by Crippen LogP contribution is 2.19. The van der Waals surface area contributed by atoms with E-state index in [0.717, 1.165) is 10.3 Å². The minimum Gasteiger partial charge on any atom is -0.444 e. The lowest BCUT2D eigenvalue weighted by Gasteiger charge is -2.30. The van der Waals surface area contributed by atoms with E-state index in [9.17, 15) is 9.59 Å². The Balaban J connectivity index is 1.73. The van der Waals surface area contributed by atoms with Gasteiger partial charge in [-0.15, -0.1) is 4.73 Å². The predicted molar refractivity (Wildman–Crippen MR) is 115 cm³/mol. The first-order valence-electron chi connectivity index (χ1n) is 10.1. The molecule has 1 amide bonds. The molecule has 0 radical (unpaired) electrons. The van der Waals surface area contributed by atoms with Crippen molar-refractivity contribution in [3.63, 3.8) is 0 Å². The van der Waals surface area contributed by atoms with Crippen molar-refractivity contribution in [3.8, 4) is 6.07 Å². The van der Waals surface area contributed by atoms with Gasteiger partial charge in [0.1, 0.15) is 12.7 Å². The van der Waals surface area contributed by atoms with Crippen molar-refractivity contribution in [1.29, 1.82) is 5.26 Å². The van der Waals surface area contributed by atoms with Crippen LogP contribution in [0.4, 0.5) is 10.7 Å². The van der Waals surface area contributed by atoms with Crippen molar-refractivity contribution in [3.05, 3.63) is 57.0 Å². The summed E-state index contributed by atoms with van der Waals surface area (Å²) in [5.41, 5.74) is 1.80. The second-order valence-corrected chi connectivity index (χ2v) is 8.28. The Bertz CT molecular complexity index is 1050. The standard InChI is InChI=1S/C22H27N5O4/c1-22(2,3)31-21(29)26-12-10-18-17(14-26)19(28)27(30-4)20(25-18)24-11-9-15-5-7-16(13-23)8-6-15/h5-8H,9-12,14H2,1-4H3,(H,24,25). The van der Waals surface area contributed by atoms with Crippen molar-refractivity contribution in [2.45, 2.75) is 45.8 Å². The van der Waals surface area contributed by atoms with E-state index in [1.165, 1.54) is 12.0 Å². The molecule has 164 valence electrons. The molecule has 9 nitrogen and oxygen atoms in total. The minimum atomic E-state index is -0.606. The minimum absolute atomic E-state index is 0.130. The Morgan fingerprint density at radius 2 is 2.00 bits per heavy atom. The number of carbonyl (C=O) groups is 1. The fraction of sp³-hybridized carbons (Fsp3) is 0.455. The Labute approximate surface area is 181 Å². The molecule has 0 unspecified atom stereocenters. The number of anilines is 1. The van der Waals surface area contributed by atoms with Crippen LogP contribution >= 0.6 is 0 Å². The van der Waals surface area contributed by atoms with Crippen LogP contribution in [0.1, 0.15) is 43.2 Å². The van der Waals surface area contributed by atoms with Crippen LogP contribution in [0.25, 0.3) is 0 Å². The van der Waals surface area contributed by atoms with E-state index in [0.29, 0.717) is 48.7 Å². The molecule has 0 spiro atoms. The van der Waals surface area contributed by atoms with E-state index in [4.69, 9.17) is 14.8 Å². The summed E-state index contributed by atoms with van der Waals surface area (Å²) in [6, 6.07) is 9.43. The number of benzene rings is 1. The zero-order chi connectivity index (χ0) is 22.6. The molecule has 1 aromatic heterocycles. The first kappa shape index (κ1) is 22.2. The number of rotatable bonds is 5.